The molecule has 0 amide bonds. The van der Waals surface area contributed by atoms with Crippen molar-refractivity contribution in [2.75, 3.05) is 44.7 Å². The zero-order chi connectivity index (χ0) is 13.7. The summed E-state index contributed by atoms with van der Waals surface area (Å²) in [6.45, 7) is 4.62. The molecule has 0 bridgehead atoms. The molecule has 0 saturated carbocycles. The Morgan fingerprint density at radius 3 is 2.68 bits per heavy atom. The Balaban J connectivity index is 1.81. The summed E-state index contributed by atoms with van der Waals surface area (Å²) in [5, 5.41) is 0.769. The Hall–Kier alpha value is -1.26. The minimum atomic E-state index is -0.141. The van der Waals surface area contributed by atoms with Gasteiger partial charge >= 0.3 is 5.97 Å². The predicted octanol–water partition coefficient (Wildman–Crippen LogP) is 2.03. The Bertz CT molecular complexity index is 431. The fraction of sp³-hybridized carbons (Fsp3) is 0.500. The van der Waals surface area contributed by atoms with Crippen LogP contribution in [0.5, 0.6) is 0 Å². The number of esters is 1. The molecule has 0 atom stereocenters. The molecule has 2 rings (SSSR count). The zero-order valence-electron chi connectivity index (χ0n) is 11.1. The third-order valence-corrected chi connectivity index (χ3v) is 3.64. The number of ether oxygens (including phenoxy) is 1. The summed E-state index contributed by atoms with van der Waals surface area (Å²) in [5.41, 5.74) is 1.17. The number of piperazine rings is 1. The number of benzene rings is 1. The van der Waals surface area contributed by atoms with Gasteiger partial charge in [-0.25, -0.2) is 0 Å². The van der Waals surface area contributed by atoms with Crippen LogP contribution in [-0.4, -0.2) is 50.7 Å². The molecular formula is C14H19ClN2O2. The molecular weight excluding hydrogens is 264 g/mol. The SMILES string of the molecule is COC(=O)CCN1CCN(c2cccc(Cl)c2)CC1. The first-order valence-corrected chi connectivity index (χ1v) is 6.86. The Morgan fingerprint density at radius 2 is 2.05 bits per heavy atom. The summed E-state index contributed by atoms with van der Waals surface area (Å²) < 4.78 is 4.65. The van der Waals surface area contributed by atoms with E-state index in [0.29, 0.717) is 6.42 Å². The summed E-state index contributed by atoms with van der Waals surface area (Å²) in [7, 11) is 1.43. The van der Waals surface area contributed by atoms with Gasteiger partial charge in [0, 0.05) is 43.4 Å². The molecule has 1 heterocycles. The first kappa shape index (κ1) is 14.2. The van der Waals surface area contributed by atoms with E-state index >= 15 is 0 Å². The highest BCUT2D eigenvalue weighted by atomic mass is 35.5. The first-order valence-electron chi connectivity index (χ1n) is 6.49. The van der Waals surface area contributed by atoms with Crippen LogP contribution in [0.2, 0.25) is 5.02 Å². The van der Waals surface area contributed by atoms with Crippen molar-refractivity contribution in [3.63, 3.8) is 0 Å². The molecule has 1 aliphatic heterocycles. The van der Waals surface area contributed by atoms with Crippen LogP contribution < -0.4 is 4.90 Å². The lowest BCUT2D eigenvalue weighted by atomic mass is 10.2. The maximum Gasteiger partial charge on any atom is 0.306 e. The van der Waals surface area contributed by atoms with E-state index in [2.05, 4.69) is 20.6 Å². The second kappa shape index (κ2) is 6.78. The van der Waals surface area contributed by atoms with E-state index in [4.69, 9.17) is 11.6 Å². The topological polar surface area (TPSA) is 32.8 Å². The van der Waals surface area contributed by atoms with Gasteiger partial charge in [0.25, 0.3) is 0 Å². The second-order valence-electron chi connectivity index (χ2n) is 4.63. The third kappa shape index (κ3) is 4.11. The molecule has 1 aliphatic rings. The number of halogens is 1. The van der Waals surface area contributed by atoms with Gasteiger partial charge in [-0.3, -0.25) is 9.69 Å². The summed E-state index contributed by atoms with van der Waals surface area (Å²) >= 11 is 6.00. The van der Waals surface area contributed by atoms with Crippen LogP contribution in [0, 0.1) is 0 Å². The van der Waals surface area contributed by atoms with Crippen molar-refractivity contribution < 1.29 is 9.53 Å². The molecule has 4 nitrogen and oxygen atoms in total. The van der Waals surface area contributed by atoms with E-state index < -0.39 is 0 Å². The third-order valence-electron chi connectivity index (χ3n) is 3.41. The van der Waals surface area contributed by atoms with Crippen LogP contribution in [0.3, 0.4) is 0 Å². The van der Waals surface area contributed by atoms with E-state index in [1.54, 1.807) is 0 Å². The van der Waals surface area contributed by atoms with E-state index in [1.807, 2.05) is 18.2 Å². The maximum atomic E-state index is 11.1. The number of rotatable bonds is 4. The van der Waals surface area contributed by atoms with Crippen molar-refractivity contribution in [3.8, 4) is 0 Å². The largest absolute Gasteiger partial charge is 0.469 e. The van der Waals surface area contributed by atoms with Crippen LogP contribution in [0.25, 0.3) is 0 Å². The van der Waals surface area contributed by atoms with Crippen molar-refractivity contribution in [3.05, 3.63) is 29.3 Å². The minimum absolute atomic E-state index is 0.141. The van der Waals surface area contributed by atoms with Crippen LogP contribution in [0.4, 0.5) is 5.69 Å². The molecule has 0 radical (unpaired) electrons. The Labute approximate surface area is 118 Å². The second-order valence-corrected chi connectivity index (χ2v) is 5.07. The first-order chi connectivity index (χ1) is 9.19. The molecule has 5 heteroatoms. The molecule has 1 aromatic carbocycles. The van der Waals surface area contributed by atoms with Gasteiger partial charge in [0.1, 0.15) is 0 Å². The Morgan fingerprint density at radius 1 is 1.32 bits per heavy atom. The fourth-order valence-corrected chi connectivity index (χ4v) is 2.44. The lowest BCUT2D eigenvalue weighted by Crippen LogP contribution is -2.46. The number of nitrogens with zero attached hydrogens (tertiary/aromatic N) is 2. The van der Waals surface area contributed by atoms with Gasteiger partial charge in [0.15, 0.2) is 0 Å². The zero-order valence-corrected chi connectivity index (χ0v) is 11.9. The van der Waals surface area contributed by atoms with Gasteiger partial charge < -0.3 is 9.64 Å². The molecule has 0 aliphatic carbocycles. The summed E-state index contributed by atoms with van der Waals surface area (Å²) in [5.74, 6) is -0.141. The molecule has 0 aromatic heterocycles. The number of hydrogen-bond donors (Lipinski definition) is 0. The monoisotopic (exact) mass is 282 g/mol. The summed E-state index contributed by atoms with van der Waals surface area (Å²) in [6.07, 6.45) is 0.466. The normalized spacial score (nSPS) is 16.4. The van der Waals surface area contributed by atoms with Gasteiger partial charge in [0.05, 0.1) is 13.5 Å². The van der Waals surface area contributed by atoms with Gasteiger partial charge in [-0.1, -0.05) is 17.7 Å². The molecule has 1 saturated heterocycles. The number of methoxy groups -OCH3 is 1. The molecule has 1 aromatic rings. The van der Waals surface area contributed by atoms with Gasteiger partial charge in [-0.05, 0) is 18.2 Å². The van der Waals surface area contributed by atoms with Gasteiger partial charge in [-0.15, -0.1) is 0 Å². The van der Waals surface area contributed by atoms with Crippen LogP contribution in [0.15, 0.2) is 24.3 Å². The molecule has 0 N–H and O–H groups in total. The average molecular weight is 283 g/mol. The molecule has 104 valence electrons. The average Bonchev–Trinajstić information content (AvgIpc) is 2.45. The van der Waals surface area contributed by atoms with Crippen molar-refractivity contribution >= 4 is 23.3 Å². The summed E-state index contributed by atoms with van der Waals surface area (Å²) in [4.78, 5) is 15.7. The highest BCUT2D eigenvalue weighted by molar-refractivity contribution is 6.30. The van der Waals surface area contributed by atoms with Gasteiger partial charge in [-0.2, -0.15) is 0 Å². The number of carbonyl (C=O) groups is 1. The molecule has 1 fully saturated rings. The lowest BCUT2D eigenvalue weighted by Gasteiger charge is -2.36. The Kier molecular flexibility index (Phi) is 5.05. The fourth-order valence-electron chi connectivity index (χ4n) is 2.25. The highest BCUT2D eigenvalue weighted by Crippen LogP contribution is 2.20. The lowest BCUT2D eigenvalue weighted by molar-refractivity contribution is -0.141. The number of anilines is 1. The molecule has 0 unspecified atom stereocenters. The van der Waals surface area contributed by atoms with Crippen LogP contribution in [-0.2, 0) is 9.53 Å². The minimum Gasteiger partial charge on any atom is -0.469 e. The van der Waals surface area contributed by atoms with E-state index in [1.165, 1.54) is 12.8 Å². The van der Waals surface area contributed by atoms with Gasteiger partial charge in [0.2, 0.25) is 0 Å². The van der Waals surface area contributed by atoms with Crippen molar-refractivity contribution in [1.82, 2.24) is 4.90 Å². The highest BCUT2D eigenvalue weighted by Gasteiger charge is 2.17. The van der Waals surface area contributed by atoms with Crippen molar-refractivity contribution in [2.24, 2.45) is 0 Å². The van der Waals surface area contributed by atoms with E-state index in [-0.39, 0.29) is 5.97 Å². The molecule has 19 heavy (non-hydrogen) atoms. The quantitative estimate of drug-likeness (QED) is 0.791. The predicted molar refractivity (Wildman–Crippen MR) is 76.7 cm³/mol. The maximum absolute atomic E-state index is 11.1. The van der Waals surface area contributed by atoms with E-state index in [0.717, 1.165) is 37.7 Å². The summed E-state index contributed by atoms with van der Waals surface area (Å²) in [6, 6.07) is 7.93. The van der Waals surface area contributed by atoms with Crippen molar-refractivity contribution in [1.29, 1.82) is 0 Å². The van der Waals surface area contributed by atoms with Crippen LogP contribution >= 0.6 is 11.6 Å². The standard InChI is InChI=1S/C14H19ClN2O2/c1-19-14(18)5-6-16-7-9-17(10-8-16)13-4-2-3-12(15)11-13/h2-4,11H,5-10H2,1H3. The van der Waals surface area contributed by atoms with E-state index in [9.17, 15) is 4.79 Å². The molecule has 0 spiro atoms. The van der Waals surface area contributed by atoms with Crippen LogP contribution in [0.1, 0.15) is 6.42 Å². The smallest absolute Gasteiger partial charge is 0.306 e. The number of carbonyl (C=O) groups excluding carboxylic acids is 1. The van der Waals surface area contributed by atoms with Crippen molar-refractivity contribution in [2.45, 2.75) is 6.42 Å². The number of hydrogen-bond acceptors (Lipinski definition) is 4.